The van der Waals surface area contributed by atoms with Crippen LogP contribution >= 0.6 is 0 Å². The predicted molar refractivity (Wildman–Crippen MR) is 71.9 cm³/mol. The van der Waals surface area contributed by atoms with Crippen LogP contribution in [0.4, 0.5) is 4.39 Å². The van der Waals surface area contributed by atoms with Crippen molar-refractivity contribution in [2.24, 2.45) is 17.3 Å². The van der Waals surface area contributed by atoms with Crippen molar-refractivity contribution in [3.8, 4) is 0 Å². The molecule has 2 unspecified atom stereocenters. The molecular formula is C16H22FN. The van der Waals surface area contributed by atoms with Gasteiger partial charge in [0, 0.05) is 6.54 Å². The Kier molecular flexibility index (Phi) is 3.14. The summed E-state index contributed by atoms with van der Waals surface area (Å²) in [6.07, 6.45) is 4.91. The van der Waals surface area contributed by atoms with Gasteiger partial charge in [-0.2, -0.15) is 0 Å². The molecule has 0 spiro atoms. The number of fused-ring (bicyclic) bond motifs is 1. The van der Waals surface area contributed by atoms with Gasteiger partial charge in [-0.15, -0.1) is 0 Å². The van der Waals surface area contributed by atoms with Gasteiger partial charge < -0.3 is 5.32 Å². The van der Waals surface area contributed by atoms with Gasteiger partial charge in [0.15, 0.2) is 0 Å². The average molecular weight is 247 g/mol. The van der Waals surface area contributed by atoms with E-state index in [9.17, 15) is 4.39 Å². The molecule has 1 N–H and O–H groups in total. The lowest BCUT2D eigenvalue weighted by molar-refractivity contribution is 0.247. The Morgan fingerprint density at radius 3 is 2.67 bits per heavy atom. The summed E-state index contributed by atoms with van der Waals surface area (Å²) in [7, 11) is 0. The van der Waals surface area contributed by atoms with Gasteiger partial charge in [-0.05, 0) is 61.1 Å². The first-order valence-corrected chi connectivity index (χ1v) is 7.16. The van der Waals surface area contributed by atoms with Gasteiger partial charge in [-0.1, -0.05) is 25.1 Å². The van der Waals surface area contributed by atoms with Crippen LogP contribution in [0.5, 0.6) is 0 Å². The van der Waals surface area contributed by atoms with Crippen molar-refractivity contribution in [1.82, 2.24) is 5.32 Å². The Balaban J connectivity index is 1.75. The van der Waals surface area contributed by atoms with Crippen LogP contribution in [-0.2, 0) is 6.42 Å². The quantitative estimate of drug-likeness (QED) is 0.841. The van der Waals surface area contributed by atoms with Crippen molar-refractivity contribution in [2.75, 3.05) is 13.1 Å². The molecule has 0 bridgehead atoms. The van der Waals surface area contributed by atoms with Crippen molar-refractivity contribution in [3.63, 3.8) is 0 Å². The zero-order chi connectivity index (χ0) is 12.6. The van der Waals surface area contributed by atoms with E-state index in [4.69, 9.17) is 0 Å². The molecule has 0 amide bonds. The molecule has 2 heteroatoms. The second-order valence-electron chi connectivity index (χ2n) is 6.21. The molecule has 98 valence electrons. The topological polar surface area (TPSA) is 12.0 Å². The molecule has 1 aromatic rings. The van der Waals surface area contributed by atoms with Crippen LogP contribution in [0.25, 0.3) is 0 Å². The average Bonchev–Trinajstić information content (AvgIpc) is 2.98. The molecule has 0 radical (unpaired) electrons. The first-order chi connectivity index (χ1) is 8.72. The molecule has 1 nitrogen and oxygen atoms in total. The van der Waals surface area contributed by atoms with Gasteiger partial charge >= 0.3 is 0 Å². The van der Waals surface area contributed by atoms with Crippen molar-refractivity contribution in [2.45, 2.75) is 32.6 Å². The van der Waals surface area contributed by atoms with E-state index in [-0.39, 0.29) is 5.82 Å². The van der Waals surface area contributed by atoms with Crippen molar-refractivity contribution < 1.29 is 4.39 Å². The van der Waals surface area contributed by atoms with E-state index in [1.54, 1.807) is 12.1 Å². The number of benzene rings is 1. The normalized spacial score (nSPS) is 33.4. The predicted octanol–water partition coefficient (Wildman–Crippen LogP) is 3.39. The molecular weight excluding hydrogens is 225 g/mol. The molecule has 0 aliphatic heterocycles. The molecule has 2 aliphatic carbocycles. The van der Waals surface area contributed by atoms with Gasteiger partial charge in [0.1, 0.15) is 5.82 Å². The van der Waals surface area contributed by atoms with E-state index in [0.29, 0.717) is 5.41 Å². The van der Waals surface area contributed by atoms with Gasteiger partial charge in [-0.3, -0.25) is 0 Å². The lowest BCUT2D eigenvalue weighted by Gasteiger charge is -2.31. The van der Waals surface area contributed by atoms with Gasteiger partial charge in [0.05, 0.1) is 0 Å². The molecule has 2 aliphatic rings. The summed E-state index contributed by atoms with van der Waals surface area (Å²) in [4.78, 5) is 0. The van der Waals surface area contributed by atoms with Crippen LogP contribution in [0.3, 0.4) is 0 Å². The lowest BCUT2D eigenvalue weighted by Crippen LogP contribution is -2.35. The van der Waals surface area contributed by atoms with Crippen LogP contribution in [0.1, 0.15) is 31.7 Å². The minimum Gasteiger partial charge on any atom is -0.316 e. The molecule has 0 saturated heterocycles. The molecule has 2 fully saturated rings. The molecule has 0 aromatic heterocycles. The minimum absolute atomic E-state index is 0.0334. The summed E-state index contributed by atoms with van der Waals surface area (Å²) >= 11 is 0. The van der Waals surface area contributed by atoms with Crippen molar-refractivity contribution >= 4 is 0 Å². The van der Waals surface area contributed by atoms with Gasteiger partial charge in [0.2, 0.25) is 0 Å². The largest absolute Gasteiger partial charge is 0.316 e. The summed E-state index contributed by atoms with van der Waals surface area (Å²) in [5.41, 5.74) is 1.21. The van der Waals surface area contributed by atoms with E-state index in [0.717, 1.165) is 36.9 Å². The summed E-state index contributed by atoms with van der Waals surface area (Å²) in [5.74, 6) is 1.85. The zero-order valence-electron chi connectivity index (χ0n) is 11.1. The molecule has 3 rings (SSSR count). The highest BCUT2D eigenvalue weighted by Gasteiger charge is 2.53. The van der Waals surface area contributed by atoms with E-state index in [1.165, 1.54) is 19.3 Å². The highest BCUT2D eigenvalue weighted by atomic mass is 19.1. The fraction of sp³-hybridized carbons (Fsp3) is 0.625. The second-order valence-corrected chi connectivity index (χ2v) is 6.21. The maximum Gasteiger partial charge on any atom is 0.126 e. The third-order valence-electron chi connectivity index (χ3n) is 4.73. The van der Waals surface area contributed by atoms with Crippen LogP contribution < -0.4 is 5.32 Å². The molecule has 1 aromatic carbocycles. The highest BCUT2D eigenvalue weighted by Crippen LogP contribution is 2.60. The molecule has 0 heterocycles. The maximum absolute atomic E-state index is 13.8. The lowest BCUT2D eigenvalue weighted by atomic mass is 9.77. The van der Waals surface area contributed by atoms with E-state index < -0.39 is 0 Å². The smallest absolute Gasteiger partial charge is 0.126 e. The Morgan fingerprint density at radius 1 is 1.28 bits per heavy atom. The van der Waals surface area contributed by atoms with Crippen LogP contribution in [0.2, 0.25) is 0 Å². The summed E-state index contributed by atoms with van der Waals surface area (Å²) in [6, 6.07) is 7.27. The zero-order valence-corrected chi connectivity index (χ0v) is 11.1. The Labute approximate surface area is 109 Å². The maximum atomic E-state index is 13.8. The fourth-order valence-corrected chi connectivity index (χ4v) is 3.79. The van der Waals surface area contributed by atoms with Gasteiger partial charge in [-0.25, -0.2) is 4.39 Å². The molecule has 2 atom stereocenters. The summed E-state index contributed by atoms with van der Waals surface area (Å²) in [5, 5.41) is 3.49. The Hall–Kier alpha value is -0.890. The van der Waals surface area contributed by atoms with E-state index >= 15 is 0 Å². The number of rotatable bonds is 5. The first-order valence-electron chi connectivity index (χ1n) is 7.16. The SMILES string of the molecule is CCNCC1(Cc2ccccc2F)CC2CC2C1. The van der Waals surface area contributed by atoms with Gasteiger partial charge in [0.25, 0.3) is 0 Å². The minimum atomic E-state index is -0.0334. The third-order valence-corrected chi connectivity index (χ3v) is 4.73. The van der Waals surface area contributed by atoms with Crippen molar-refractivity contribution in [1.29, 1.82) is 0 Å². The number of hydrogen-bond acceptors (Lipinski definition) is 1. The summed E-state index contributed by atoms with van der Waals surface area (Å²) < 4.78 is 13.8. The second kappa shape index (κ2) is 4.65. The monoisotopic (exact) mass is 247 g/mol. The van der Waals surface area contributed by atoms with Crippen LogP contribution in [0.15, 0.2) is 24.3 Å². The van der Waals surface area contributed by atoms with E-state index in [1.807, 2.05) is 12.1 Å². The highest BCUT2D eigenvalue weighted by molar-refractivity contribution is 5.21. The van der Waals surface area contributed by atoms with Crippen molar-refractivity contribution in [3.05, 3.63) is 35.6 Å². The number of hydrogen-bond donors (Lipinski definition) is 1. The third kappa shape index (κ3) is 2.31. The fourth-order valence-electron chi connectivity index (χ4n) is 3.79. The molecule has 2 saturated carbocycles. The first kappa shape index (κ1) is 12.2. The standard InChI is InChI=1S/C16H22FN/c1-2-18-11-16(9-13-7-14(13)10-16)8-12-5-3-4-6-15(12)17/h3-6,13-14,18H,2,7-11H2,1H3. The van der Waals surface area contributed by atoms with E-state index in [2.05, 4.69) is 12.2 Å². The molecule has 18 heavy (non-hydrogen) atoms. The Bertz CT molecular complexity index is 419. The summed E-state index contributed by atoms with van der Waals surface area (Å²) in [6.45, 7) is 4.20. The number of nitrogens with one attached hydrogen (secondary N) is 1. The van der Waals surface area contributed by atoms with Crippen LogP contribution in [-0.4, -0.2) is 13.1 Å². The van der Waals surface area contributed by atoms with Crippen LogP contribution in [0, 0.1) is 23.1 Å². The Morgan fingerprint density at radius 2 is 2.00 bits per heavy atom. The number of halogens is 1.